The van der Waals surface area contributed by atoms with Gasteiger partial charge in [-0.25, -0.2) is 8.42 Å². The third kappa shape index (κ3) is 3.69. The Morgan fingerprint density at radius 1 is 1.36 bits per heavy atom. The Morgan fingerprint density at radius 2 is 2.05 bits per heavy atom. The summed E-state index contributed by atoms with van der Waals surface area (Å²) in [7, 11) is -3.70. The highest BCUT2D eigenvalue weighted by molar-refractivity contribution is 9.10. The Labute approximate surface area is 139 Å². The number of nitrogens with zero attached hydrogens (tertiary/aromatic N) is 1. The molecule has 1 fully saturated rings. The average Bonchev–Trinajstić information content (AvgIpc) is 2.53. The van der Waals surface area contributed by atoms with Crippen molar-refractivity contribution >= 4 is 31.9 Å². The van der Waals surface area contributed by atoms with E-state index >= 15 is 0 Å². The van der Waals surface area contributed by atoms with Gasteiger partial charge in [-0.1, -0.05) is 28.3 Å². The summed E-state index contributed by atoms with van der Waals surface area (Å²) in [5.74, 6) is 1.99. The lowest BCUT2D eigenvalue weighted by atomic mass is 10.0. The second kappa shape index (κ2) is 7.27. The van der Waals surface area contributed by atoms with Crippen LogP contribution in [0.1, 0.15) is 19.3 Å². The molecule has 7 heteroatoms. The number of nitrogens with one attached hydrogen (secondary N) is 1. The Kier molecular flexibility index (Phi) is 5.62. The zero-order chi connectivity index (χ0) is 16.2. The molecule has 1 unspecified atom stereocenters. The van der Waals surface area contributed by atoms with E-state index in [0.717, 1.165) is 17.3 Å². The van der Waals surface area contributed by atoms with E-state index in [2.05, 4.69) is 27.2 Å². The fourth-order valence-corrected chi connectivity index (χ4v) is 4.37. The van der Waals surface area contributed by atoms with Crippen LogP contribution >= 0.6 is 15.9 Å². The van der Waals surface area contributed by atoms with Gasteiger partial charge in [0.1, 0.15) is 6.04 Å². The van der Waals surface area contributed by atoms with Gasteiger partial charge in [-0.2, -0.15) is 4.31 Å². The van der Waals surface area contributed by atoms with Gasteiger partial charge in [0.25, 0.3) is 0 Å². The third-order valence-electron chi connectivity index (χ3n) is 3.54. The summed E-state index contributed by atoms with van der Waals surface area (Å²) in [5.41, 5.74) is 0. The van der Waals surface area contributed by atoms with Crippen molar-refractivity contribution < 1.29 is 13.2 Å². The molecule has 0 saturated carbocycles. The highest BCUT2D eigenvalue weighted by Gasteiger charge is 2.37. The molecule has 0 aromatic heterocycles. The van der Waals surface area contributed by atoms with Gasteiger partial charge in [0.2, 0.25) is 15.9 Å². The molecule has 1 aromatic rings. The second-order valence-corrected chi connectivity index (χ2v) is 7.81. The van der Waals surface area contributed by atoms with Crippen LogP contribution in [0.2, 0.25) is 0 Å². The van der Waals surface area contributed by atoms with Crippen LogP contribution < -0.4 is 5.32 Å². The molecular weight excluding hydrogens is 368 g/mol. The van der Waals surface area contributed by atoms with Crippen LogP contribution in [-0.4, -0.2) is 37.8 Å². The molecule has 1 atom stereocenters. The molecular formula is C15H17BrN2O3S. The molecule has 22 heavy (non-hydrogen) atoms. The van der Waals surface area contributed by atoms with Gasteiger partial charge < -0.3 is 5.32 Å². The number of terminal acetylenes is 1. The van der Waals surface area contributed by atoms with Crippen molar-refractivity contribution in [2.45, 2.75) is 30.2 Å². The number of benzene rings is 1. The maximum atomic E-state index is 12.8. The van der Waals surface area contributed by atoms with Crippen LogP contribution in [0, 0.1) is 12.3 Å². The van der Waals surface area contributed by atoms with E-state index in [4.69, 9.17) is 6.42 Å². The maximum Gasteiger partial charge on any atom is 0.243 e. The minimum atomic E-state index is -3.70. The van der Waals surface area contributed by atoms with Crippen molar-refractivity contribution in [1.82, 2.24) is 9.62 Å². The van der Waals surface area contributed by atoms with Crippen LogP contribution in [0.25, 0.3) is 0 Å². The Bertz CT molecular complexity index is 680. The van der Waals surface area contributed by atoms with Crippen molar-refractivity contribution in [2.24, 2.45) is 0 Å². The standard InChI is InChI=1S/C15H17BrN2O3S/c1-2-10-17-15(19)14-5-3-4-11-18(14)22(20,21)13-8-6-12(16)7-9-13/h1,6-9,14H,3-5,10-11H2,(H,17,19). The summed E-state index contributed by atoms with van der Waals surface area (Å²) in [6.07, 6.45) is 7.20. The summed E-state index contributed by atoms with van der Waals surface area (Å²) < 4.78 is 27.6. The SMILES string of the molecule is C#CCNC(=O)C1CCCCN1S(=O)(=O)c1ccc(Br)cc1. The monoisotopic (exact) mass is 384 g/mol. The highest BCUT2D eigenvalue weighted by Crippen LogP contribution is 2.26. The molecule has 0 radical (unpaired) electrons. The van der Waals surface area contributed by atoms with Crippen molar-refractivity contribution in [1.29, 1.82) is 0 Å². The van der Waals surface area contributed by atoms with Gasteiger partial charge >= 0.3 is 0 Å². The number of halogens is 1. The lowest BCUT2D eigenvalue weighted by Crippen LogP contribution is -2.51. The molecule has 118 valence electrons. The second-order valence-electron chi connectivity index (χ2n) is 5.00. The normalized spacial score (nSPS) is 19.4. The van der Waals surface area contributed by atoms with Crippen molar-refractivity contribution in [3.63, 3.8) is 0 Å². The molecule has 0 bridgehead atoms. The molecule has 1 N–H and O–H groups in total. The van der Waals surface area contributed by atoms with Gasteiger partial charge in [-0.05, 0) is 37.1 Å². The summed E-state index contributed by atoms with van der Waals surface area (Å²) in [5, 5.41) is 2.58. The smallest absolute Gasteiger partial charge is 0.243 e. The van der Waals surface area contributed by atoms with Gasteiger partial charge in [0.05, 0.1) is 11.4 Å². The molecule has 1 heterocycles. The van der Waals surface area contributed by atoms with E-state index in [0.29, 0.717) is 13.0 Å². The molecule has 1 aromatic carbocycles. The first-order valence-corrected chi connectivity index (χ1v) is 9.18. The van der Waals surface area contributed by atoms with E-state index in [1.165, 1.54) is 16.4 Å². The minimum absolute atomic E-state index is 0.0987. The van der Waals surface area contributed by atoms with Crippen molar-refractivity contribution in [2.75, 3.05) is 13.1 Å². The van der Waals surface area contributed by atoms with Crippen LogP contribution in [0.3, 0.4) is 0 Å². The molecule has 0 spiro atoms. The Morgan fingerprint density at radius 3 is 2.68 bits per heavy atom. The first kappa shape index (κ1) is 17.0. The topological polar surface area (TPSA) is 66.5 Å². The van der Waals surface area contributed by atoms with Crippen LogP contribution in [0.15, 0.2) is 33.6 Å². The van der Waals surface area contributed by atoms with Gasteiger partial charge in [0.15, 0.2) is 0 Å². The van der Waals surface area contributed by atoms with E-state index in [9.17, 15) is 13.2 Å². The zero-order valence-corrected chi connectivity index (χ0v) is 14.4. The number of amides is 1. The van der Waals surface area contributed by atoms with Crippen molar-refractivity contribution in [3.8, 4) is 12.3 Å². The number of hydrogen-bond donors (Lipinski definition) is 1. The number of carbonyl (C=O) groups excluding carboxylic acids is 1. The molecule has 1 saturated heterocycles. The molecule has 1 aliphatic heterocycles. The van der Waals surface area contributed by atoms with E-state index in [1.807, 2.05) is 0 Å². The number of rotatable bonds is 4. The fourth-order valence-electron chi connectivity index (χ4n) is 2.45. The van der Waals surface area contributed by atoms with E-state index < -0.39 is 16.1 Å². The number of sulfonamides is 1. The van der Waals surface area contributed by atoms with Gasteiger partial charge in [-0.15, -0.1) is 6.42 Å². The van der Waals surface area contributed by atoms with Crippen LogP contribution in [-0.2, 0) is 14.8 Å². The lowest BCUT2D eigenvalue weighted by molar-refractivity contribution is -0.125. The predicted octanol–water partition coefficient (Wildman–Crippen LogP) is 1.74. The Balaban J connectivity index is 2.28. The highest BCUT2D eigenvalue weighted by atomic mass is 79.9. The maximum absolute atomic E-state index is 12.8. The summed E-state index contributed by atoms with van der Waals surface area (Å²) in [4.78, 5) is 12.4. The average molecular weight is 385 g/mol. The van der Waals surface area contributed by atoms with Crippen molar-refractivity contribution in [3.05, 3.63) is 28.7 Å². The summed E-state index contributed by atoms with van der Waals surface area (Å²) in [6, 6.07) is 5.71. The zero-order valence-electron chi connectivity index (χ0n) is 12.0. The minimum Gasteiger partial charge on any atom is -0.344 e. The van der Waals surface area contributed by atoms with E-state index in [1.54, 1.807) is 12.1 Å². The lowest BCUT2D eigenvalue weighted by Gasteiger charge is -2.33. The largest absolute Gasteiger partial charge is 0.344 e. The molecule has 5 nitrogen and oxygen atoms in total. The van der Waals surface area contributed by atoms with Gasteiger partial charge in [0, 0.05) is 11.0 Å². The number of piperidine rings is 1. The van der Waals surface area contributed by atoms with Crippen LogP contribution in [0.4, 0.5) is 0 Å². The quantitative estimate of drug-likeness (QED) is 0.803. The van der Waals surface area contributed by atoms with Gasteiger partial charge in [-0.3, -0.25) is 4.79 Å². The number of hydrogen-bond acceptors (Lipinski definition) is 3. The Hall–Kier alpha value is -1.36. The molecule has 1 amide bonds. The summed E-state index contributed by atoms with van der Waals surface area (Å²) in [6.45, 7) is 0.439. The molecule has 2 rings (SSSR count). The first-order valence-electron chi connectivity index (χ1n) is 6.95. The molecule has 0 aliphatic carbocycles. The fraction of sp³-hybridized carbons (Fsp3) is 0.400. The molecule has 1 aliphatic rings. The number of carbonyl (C=O) groups is 1. The predicted molar refractivity (Wildman–Crippen MR) is 87.5 cm³/mol. The van der Waals surface area contributed by atoms with E-state index in [-0.39, 0.29) is 17.3 Å². The van der Waals surface area contributed by atoms with Crippen LogP contribution in [0.5, 0.6) is 0 Å². The third-order valence-corrected chi connectivity index (χ3v) is 5.99. The first-order chi connectivity index (χ1) is 10.5. The summed E-state index contributed by atoms with van der Waals surface area (Å²) >= 11 is 3.28.